The van der Waals surface area contributed by atoms with E-state index in [0.717, 1.165) is 55.2 Å². The largest absolute Gasteiger partial charge is 0.343 e. The maximum Gasteiger partial charge on any atom is 0.255 e. The third-order valence-corrected chi connectivity index (χ3v) is 8.87. The van der Waals surface area contributed by atoms with E-state index in [0.29, 0.717) is 40.1 Å². The number of likely N-dealkylation sites (N-methyl/N-ethyl adjacent to an activating group) is 2. The first-order valence-corrected chi connectivity index (χ1v) is 17.6. The average Bonchev–Trinajstić information content (AvgIpc) is 3.13. The van der Waals surface area contributed by atoms with Crippen LogP contribution in [-0.4, -0.2) is 100 Å². The molecule has 0 atom stereocenters. The summed E-state index contributed by atoms with van der Waals surface area (Å²) in [5, 5.41) is 9.85. The number of benzene rings is 4. The van der Waals surface area contributed by atoms with Gasteiger partial charge in [-0.05, 0) is 83.9 Å². The summed E-state index contributed by atoms with van der Waals surface area (Å²) in [6.45, 7) is 5.10. The number of rotatable bonds is 7. The zero-order valence-corrected chi connectivity index (χ0v) is 32.6. The topological polar surface area (TPSA) is 114 Å². The quantitative estimate of drug-likeness (QED) is 0.150. The minimum absolute atomic E-state index is 0. The molecule has 2 heterocycles. The lowest BCUT2D eigenvalue weighted by atomic mass is 10.1. The van der Waals surface area contributed by atoms with Gasteiger partial charge in [0.15, 0.2) is 0 Å². The molecule has 2 fully saturated rings. The van der Waals surface area contributed by atoms with Crippen molar-refractivity contribution in [2.75, 3.05) is 64.0 Å². The minimum Gasteiger partial charge on any atom is -0.343 e. The van der Waals surface area contributed by atoms with Crippen molar-refractivity contribution in [1.29, 1.82) is 0 Å². The molecule has 2 saturated heterocycles. The Labute approximate surface area is 334 Å². The zero-order chi connectivity index (χ0) is 36.8. The van der Waals surface area contributed by atoms with E-state index in [4.69, 9.17) is 34.8 Å². The molecule has 6 rings (SSSR count). The molecule has 3 radical (unpaired) electrons. The Morgan fingerprint density at radius 2 is 1.11 bits per heavy atom. The van der Waals surface area contributed by atoms with Crippen LogP contribution < -0.4 is 16.0 Å². The normalized spacial score (nSPS) is 13.9. The Morgan fingerprint density at radius 3 is 1.51 bits per heavy atom. The Balaban J connectivity index is 0.000000303. The summed E-state index contributed by atoms with van der Waals surface area (Å²) in [6.07, 6.45) is 0. The van der Waals surface area contributed by atoms with E-state index in [1.165, 1.54) is 0 Å². The summed E-state index contributed by atoms with van der Waals surface area (Å²) in [6, 6.07) is 28.6. The number of hydrogen-bond donors (Lipinski definition) is 3. The van der Waals surface area contributed by atoms with Crippen LogP contribution in [0.3, 0.4) is 0 Å². The lowest BCUT2D eigenvalue weighted by molar-refractivity contribution is -0.134. The van der Waals surface area contributed by atoms with Crippen molar-refractivity contribution in [1.82, 2.24) is 20.0 Å². The predicted octanol–water partition coefficient (Wildman–Crippen LogP) is 6.29. The van der Waals surface area contributed by atoms with Crippen molar-refractivity contribution in [3.05, 3.63) is 129 Å². The van der Waals surface area contributed by atoms with Gasteiger partial charge >= 0.3 is 0 Å². The molecule has 0 aromatic heterocycles. The number of nitrogens with zero attached hydrogens (tertiary/aromatic N) is 3. The molecule has 0 bridgehead atoms. The number of alkyl halides is 1. The van der Waals surface area contributed by atoms with Crippen LogP contribution in [-0.2, 0) is 22.0 Å². The van der Waals surface area contributed by atoms with Gasteiger partial charge in [0.2, 0.25) is 11.8 Å². The van der Waals surface area contributed by atoms with E-state index >= 15 is 0 Å². The van der Waals surface area contributed by atoms with Crippen molar-refractivity contribution in [3.8, 4) is 0 Å². The molecule has 3 N–H and O–H groups in total. The van der Waals surface area contributed by atoms with Gasteiger partial charge in [-0.1, -0.05) is 47.5 Å². The molecule has 0 unspecified atom stereocenters. The molecule has 10 nitrogen and oxygen atoms in total. The number of carbonyl (C=O) groups excluding carboxylic acids is 4. The number of halogens is 4. The van der Waals surface area contributed by atoms with E-state index < -0.39 is 0 Å². The fourth-order valence-corrected chi connectivity index (χ4v) is 5.31. The molecule has 2 aliphatic heterocycles. The number of hydrogen-bond acceptors (Lipinski definition) is 6. The third kappa shape index (κ3) is 15.0. The summed E-state index contributed by atoms with van der Waals surface area (Å²) in [5.74, 6) is 0.472. The van der Waals surface area contributed by atoms with Crippen LogP contribution in [0.4, 0.5) is 11.4 Å². The maximum atomic E-state index is 12.2. The van der Waals surface area contributed by atoms with Gasteiger partial charge in [0.1, 0.15) is 0 Å². The van der Waals surface area contributed by atoms with E-state index in [1.807, 2.05) is 62.6 Å². The van der Waals surface area contributed by atoms with Crippen molar-refractivity contribution in [2.24, 2.45) is 0 Å². The molecule has 4 aromatic rings. The molecule has 0 saturated carbocycles. The van der Waals surface area contributed by atoms with Crippen LogP contribution in [0.1, 0.15) is 31.8 Å². The number of carbonyl (C=O) groups is 4. The third-order valence-electron chi connectivity index (χ3n) is 8.06. The van der Waals surface area contributed by atoms with Gasteiger partial charge in [0.05, 0.1) is 13.1 Å². The highest BCUT2D eigenvalue weighted by Gasteiger charge is 2.20. The number of piperazine rings is 2. The van der Waals surface area contributed by atoms with Gasteiger partial charge in [0, 0.05) is 93.7 Å². The summed E-state index contributed by atoms with van der Waals surface area (Å²) in [5.41, 5.74) is 4.73. The van der Waals surface area contributed by atoms with Gasteiger partial charge < -0.3 is 25.8 Å². The molecule has 15 heteroatoms. The second-order valence-electron chi connectivity index (χ2n) is 12.0. The van der Waals surface area contributed by atoms with E-state index in [1.54, 1.807) is 58.3 Å². The highest BCUT2D eigenvalue weighted by atomic mass is 35.5. The fraction of sp³-hybridized carbons (Fsp3) is 0.263. The first-order chi connectivity index (χ1) is 24.5. The molecule has 0 aliphatic carbocycles. The maximum absolute atomic E-state index is 12.2. The van der Waals surface area contributed by atoms with E-state index in [2.05, 4.69) is 20.9 Å². The van der Waals surface area contributed by atoms with Crippen LogP contribution >= 0.6 is 47.2 Å². The molecule has 53 heavy (non-hydrogen) atoms. The first kappa shape index (κ1) is 45.1. The van der Waals surface area contributed by atoms with Gasteiger partial charge in [-0.25, -0.2) is 0 Å². The summed E-state index contributed by atoms with van der Waals surface area (Å²) < 4.78 is 0. The summed E-state index contributed by atoms with van der Waals surface area (Å²) in [4.78, 5) is 52.1. The van der Waals surface area contributed by atoms with E-state index in [-0.39, 0.29) is 44.4 Å². The van der Waals surface area contributed by atoms with Crippen molar-refractivity contribution in [2.45, 2.75) is 12.4 Å². The number of amides is 4. The fourth-order valence-electron chi connectivity index (χ4n) is 4.88. The van der Waals surface area contributed by atoms with Crippen molar-refractivity contribution < 1.29 is 19.2 Å². The van der Waals surface area contributed by atoms with Crippen LogP contribution in [0.5, 0.6) is 0 Å². The lowest BCUT2D eigenvalue weighted by Gasteiger charge is -2.31. The Bertz CT molecular complexity index is 1770. The van der Waals surface area contributed by atoms with Crippen molar-refractivity contribution >= 4 is 90.6 Å². The molecular formula is C38H42BCl4N6O4. The second-order valence-corrected chi connectivity index (χ2v) is 13.1. The van der Waals surface area contributed by atoms with Gasteiger partial charge in [-0.3, -0.25) is 24.1 Å². The molecule has 279 valence electrons. The smallest absolute Gasteiger partial charge is 0.255 e. The van der Waals surface area contributed by atoms with Crippen LogP contribution in [0.15, 0.2) is 97.1 Å². The number of anilines is 2. The monoisotopic (exact) mass is 797 g/mol. The standard InChI is InChI=1S/C19H20ClN3O2.C14H11Cl2NO.C5H10N2O.B.ClH/c1-22-10-11-23(13-18(22)24)12-14-2-8-17(9-3-14)21-19(25)15-4-6-16(20)7-5-15;15-9-10-1-7-13(8-2-10)17-14(18)11-3-5-12(16)6-4-11;1-7-3-2-6-4-5(7)8;;/h2-9H,10-13H2,1H3,(H,21,25);1-8H,9H2,(H,17,18);6H,2-4H2,1H3;;1H. The van der Waals surface area contributed by atoms with Crippen LogP contribution in [0.2, 0.25) is 10.0 Å². The van der Waals surface area contributed by atoms with Crippen LogP contribution in [0, 0.1) is 0 Å². The first-order valence-electron chi connectivity index (χ1n) is 16.3. The van der Waals surface area contributed by atoms with Crippen LogP contribution in [0.25, 0.3) is 0 Å². The summed E-state index contributed by atoms with van der Waals surface area (Å²) in [7, 11) is 3.65. The molecule has 2 aliphatic rings. The molecular weight excluding hydrogens is 757 g/mol. The van der Waals surface area contributed by atoms with E-state index in [9.17, 15) is 19.2 Å². The predicted molar refractivity (Wildman–Crippen MR) is 218 cm³/mol. The Morgan fingerprint density at radius 1 is 0.660 bits per heavy atom. The second kappa shape index (κ2) is 22.9. The van der Waals surface area contributed by atoms with Gasteiger partial charge in [-0.2, -0.15) is 0 Å². The zero-order valence-electron chi connectivity index (χ0n) is 29.5. The minimum atomic E-state index is -0.172. The SMILES string of the molecule is CN1CCN(Cc2ccc(NC(=O)c3ccc(Cl)cc3)cc2)CC1=O.CN1CCNCC1=O.Cl.O=C(Nc1ccc(CCl)cc1)c1ccc(Cl)cc1.[B]. The van der Waals surface area contributed by atoms with Gasteiger partial charge in [-0.15, -0.1) is 24.0 Å². The number of nitrogens with one attached hydrogen (secondary N) is 3. The Kier molecular flexibility index (Phi) is 19.4. The van der Waals surface area contributed by atoms with Crippen molar-refractivity contribution in [3.63, 3.8) is 0 Å². The summed E-state index contributed by atoms with van der Waals surface area (Å²) >= 11 is 17.3. The average molecular weight is 799 g/mol. The molecule has 0 spiro atoms. The highest BCUT2D eigenvalue weighted by molar-refractivity contribution is 6.31. The van der Waals surface area contributed by atoms with Gasteiger partial charge in [0.25, 0.3) is 11.8 Å². The molecule has 4 aromatic carbocycles. The Hall–Kier alpha value is -4.10. The highest BCUT2D eigenvalue weighted by Crippen LogP contribution is 2.17. The molecule has 4 amide bonds. The lowest BCUT2D eigenvalue weighted by Crippen LogP contribution is -2.47.